The van der Waals surface area contributed by atoms with Gasteiger partial charge in [-0.05, 0) is 71.8 Å². The van der Waals surface area contributed by atoms with Gasteiger partial charge in [0, 0.05) is 38.3 Å². The molecule has 0 aromatic carbocycles. The second-order valence-electron chi connectivity index (χ2n) is 14.2. The molecule has 0 aliphatic carbocycles. The lowest BCUT2D eigenvalue weighted by atomic mass is 9.88. The molecule has 1 saturated heterocycles. The molecule has 11 atom stereocenters. The van der Waals surface area contributed by atoms with E-state index >= 15 is 0 Å². The Morgan fingerprint density at radius 1 is 1.20 bits per heavy atom. The van der Waals surface area contributed by atoms with Crippen molar-refractivity contribution < 1.29 is 48.3 Å². The van der Waals surface area contributed by atoms with Crippen molar-refractivity contribution in [1.82, 2.24) is 10.2 Å². The summed E-state index contributed by atoms with van der Waals surface area (Å²) in [5, 5.41) is 24.4. The molecule has 11 unspecified atom stereocenters. The summed E-state index contributed by atoms with van der Waals surface area (Å²) in [6.45, 7) is 14.0. The van der Waals surface area contributed by atoms with E-state index in [9.17, 15) is 24.6 Å². The number of methoxy groups -OCH3 is 1. The predicted octanol–water partition coefficient (Wildman–Crippen LogP) is 4.33. The summed E-state index contributed by atoms with van der Waals surface area (Å²) in [6.07, 6.45) is 6.51. The number of carbonyl (C=O) groups excluding carboxylic acids is 3. The molecule has 0 radical (unpaired) electrons. The van der Waals surface area contributed by atoms with Crippen molar-refractivity contribution in [3.8, 4) is 0 Å². The van der Waals surface area contributed by atoms with Crippen LogP contribution in [0.2, 0.25) is 0 Å². The van der Waals surface area contributed by atoms with Gasteiger partial charge in [-0.2, -0.15) is 0 Å². The third-order valence-corrected chi connectivity index (χ3v) is 9.35. The summed E-state index contributed by atoms with van der Waals surface area (Å²) in [5.41, 5.74) is -0.719. The number of carbonyl (C=O) groups is 3. The average molecular weight is 695 g/mol. The van der Waals surface area contributed by atoms with E-state index < -0.39 is 48.0 Å². The van der Waals surface area contributed by atoms with Gasteiger partial charge in [0.15, 0.2) is 0 Å². The lowest BCUT2D eigenvalue weighted by molar-refractivity contribution is -0.157. The number of hydrogen-bond acceptors (Lipinski definition) is 11. The van der Waals surface area contributed by atoms with Gasteiger partial charge in [-0.25, -0.2) is 4.79 Å². The second kappa shape index (κ2) is 20.2. The summed E-state index contributed by atoms with van der Waals surface area (Å²) < 4.78 is 29.0. The van der Waals surface area contributed by atoms with Gasteiger partial charge in [0.1, 0.15) is 30.0 Å². The number of nitrogens with one attached hydrogen (secondary N) is 1. The number of aliphatic hydroxyl groups is 2. The third-order valence-electron chi connectivity index (χ3n) is 9.35. The van der Waals surface area contributed by atoms with Crippen LogP contribution >= 0.6 is 0 Å². The van der Waals surface area contributed by atoms with Crippen LogP contribution in [0.5, 0.6) is 0 Å². The zero-order chi connectivity index (χ0) is 36.9. The van der Waals surface area contributed by atoms with E-state index in [0.29, 0.717) is 6.54 Å². The van der Waals surface area contributed by atoms with E-state index in [1.807, 2.05) is 53.1 Å². The van der Waals surface area contributed by atoms with Gasteiger partial charge in [0.2, 0.25) is 0 Å². The monoisotopic (exact) mass is 694 g/mol. The van der Waals surface area contributed by atoms with Gasteiger partial charge in [-0.15, -0.1) is 0 Å². The van der Waals surface area contributed by atoms with Crippen LogP contribution in [0.3, 0.4) is 0 Å². The van der Waals surface area contributed by atoms with E-state index in [1.165, 1.54) is 6.92 Å². The first kappa shape index (κ1) is 42.4. The predicted molar refractivity (Wildman–Crippen MR) is 187 cm³/mol. The lowest BCUT2D eigenvalue weighted by Crippen LogP contribution is -2.42. The van der Waals surface area contributed by atoms with E-state index in [1.54, 1.807) is 26.2 Å². The number of cyclic esters (lactones) is 1. The smallest absolute Gasteiger partial charge is 0.407 e. The summed E-state index contributed by atoms with van der Waals surface area (Å²) in [7, 11) is 5.65. The molecule has 12 nitrogen and oxygen atoms in total. The molecule has 0 aromatic heterocycles. The van der Waals surface area contributed by atoms with Crippen molar-refractivity contribution >= 4 is 18.0 Å². The Bertz CT molecular complexity index is 1150. The van der Waals surface area contributed by atoms with Crippen LogP contribution in [-0.4, -0.2) is 116 Å². The summed E-state index contributed by atoms with van der Waals surface area (Å²) in [5.74, 6) is -1.57. The quantitative estimate of drug-likeness (QED) is 0.0560. The highest BCUT2D eigenvalue weighted by Gasteiger charge is 2.52. The van der Waals surface area contributed by atoms with E-state index in [4.69, 9.17) is 23.7 Å². The number of allylic oxidation sites excluding steroid dienone is 2. The Morgan fingerprint density at radius 3 is 2.51 bits per heavy atom. The van der Waals surface area contributed by atoms with Gasteiger partial charge >= 0.3 is 18.0 Å². The molecule has 3 N–H and O–H groups in total. The van der Waals surface area contributed by atoms with Gasteiger partial charge in [0.25, 0.3) is 0 Å². The number of nitrogens with zero attached hydrogens (tertiary/aromatic N) is 1. The van der Waals surface area contributed by atoms with Gasteiger partial charge in [0.05, 0.1) is 24.7 Å². The molecule has 1 fully saturated rings. The van der Waals surface area contributed by atoms with Gasteiger partial charge in [-0.1, -0.05) is 52.0 Å². The minimum Gasteiger partial charge on any atom is -0.457 e. The van der Waals surface area contributed by atoms with Crippen LogP contribution in [0.15, 0.2) is 36.0 Å². The zero-order valence-electron chi connectivity index (χ0n) is 31.2. The van der Waals surface area contributed by atoms with Crippen molar-refractivity contribution in [1.29, 1.82) is 0 Å². The Kier molecular flexibility index (Phi) is 17.5. The summed E-state index contributed by atoms with van der Waals surface area (Å²) in [6, 6.07) is 0. The lowest BCUT2D eigenvalue weighted by Gasteiger charge is -2.32. The highest BCUT2D eigenvalue weighted by atomic mass is 16.6. The molecular formula is C37H62N2O10. The molecule has 12 heteroatoms. The third kappa shape index (κ3) is 14.2. The molecule has 2 aliphatic heterocycles. The first-order valence-corrected chi connectivity index (χ1v) is 17.6. The second-order valence-corrected chi connectivity index (χ2v) is 14.2. The fourth-order valence-electron chi connectivity index (χ4n) is 6.23. The molecule has 0 bridgehead atoms. The largest absolute Gasteiger partial charge is 0.457 e. The Morgan fingerprint density at radius 2 is 1.90 bits per heavy atom. The fraction of sp³-hybridized carbons (Fsp3) is 0.757. The molecule has 49 heavy (non-hydrogen) atoms. The highest BCUT2D eigenvalue weighted by Crippen LogP contribution is 2.39. The van der Waals surface area contributed by atoms with E-state index in [-0.39, 0.29) is 55.3 Å². The molecule has 2 heterocycles. The van der Waals surface area contributed by atoms with Crippen LogP contribution in [0, 0.1) is 17.8 Å². The first-order chi connectivity index (χ1) is 23.0. The summed E-state index contributed by atoms with van der Waals surface area (Å²) in [4.78, 5) is 39.5. The standard InChI is InChI=1S/C37H62N2O10/c1-11-29(45-10)26(5)34-35(48-34)33(49-36(43)38-20-13-21-39(8)9)24(3)15-12-14-23(2)32-25(4)16-17-30(46-27(6)40)37(7,44)19-18-28(41)22-31(42)47-32/h12,14-17,24-26,28-30,32-35,41,44H,11,13,18-22H2,1-10H3,(H,38,43)/b15-12+,17-16+,23-14+. The molecule has 0 aromatic rings. The number of epoxide rings is 1. The number of amides is 1. The van der Waals surface area contributed by atoms with Gasteiger partial charge < -0.3 is 44.1 Å². The maximum Gasteiger partial charge on any atom is 0.407 e. The fourth-order valence-corrected chi connectivity index (χ4v) is 6.23. The molecule has 280 valence electrons. The number of esters is 2. The highest BCUT2D eigenvalue weighted by molar-refractivity contribution is 5.70. The molecular weight excluding hydrogens is 632 g/mol. The molecule has 0 saturated carbocycles. The van der Waals surface area contributed by atoms with Crippen LogP contribution in [0.4, 0.5) is 4.79 Å². The van der Waals surface area contributed by atoms with E-state index in [0.717, 1.165) is 25.0 Å². The minimum absolute atomic E-state index is 0.0215. The summed E-state index contributed by atoms with van der Waals surface area (Å²) >= 11 is 0. The maximum absolute atomic E-state index is 12.8. The Labute approximate surface area is 293 Å². The Balaban J connectivity index is 2.28. The van der Waals surface area contributed by atoms with Crippen LogP contribution in [0.1, 0.15) is 80.6 Å². The molecule has 1 amide bonds. The van der Waals surface area contributed by atoms with E-state index in [2.05, 4.69) is 24.1 Å². The van der Waals surface area contributed by atoms with Crippen LogP contribution in [-0.2, 0) is 33.3 Å². The van der Waals surface area contributed by atoms with Crippen molar-refractivity contribution in [3.63, 3.8) is 0 Å². The molecule has 2 aliphatic rings. The molecule has 2 rings (SSSR count). The minimum atomic E-state index is -1.45. The molecule has 0 spiro atoms. The van der Waals surface area contributed by atoms with Crippen LogP contribution < -0.4 is 5.32 Å². The maximum atomic E-state index is 12.8. The number of ether oxygens (including phenoxy) is 5. The zero-order valence-corrected chi connectivity index (χ0v) is 31.2. The van der Waals surface area contributed by atoms with Crippen molar-refractivity contribution in [2.45, 2.75) is 129 Å². The Hall–Kier alpha value is -2.77. The average Bonchev–Trinajstić information content (AvgIpc) is 3.82. The van der Waals surface area contributed by atoms with Crippen molar-refractivity contribution in [2.24, 2.45) is 17.8 Å². The number of aliphatic hydroxyl groups excluding tert-OH is 1. The van der Waals surface area contributed by atoms with Crippen molar-refractivity contribution in [2.75, 3.05) is 34.3 Å². The van der Waals surface area contributed by atoms with Gasteiger partial charge in [-0.3, -0.25) is 9.59 Å². The van der Waals surface area contributed by atoms with Crippen LogP contribution in [0.25, 0.3) is 0 Å². The van der Waals surface area contributed by atoms with Crippen molar-refractivity contribution in [3.05, 3.63) is 36.0 Å². The first-order valence-electron chi connectivity index (χ1n) is 17.6. The topological polar surface area (TPSA) is 156 Å². The number of hydrogen-bond donors (Lipinski definition) is 3. The number of alkyl carbamates (subject to hydrolysis) is 1. The normalized spacial score (nSPS) is 31.4. The number of rotatable bonds is 15. The SMILES string of the molecule is CCC(OC)C(C)C1OC1C(OC(=O)NCCCN(C)C)C(C)/C=C/C=C(\C)C1OC(=O)CC(O)CCC(C)(O)C(OC(C)=O)/C=C/C1C.